The van der Waals surface area contributed by atoms with E-state index in [4.69, 9.17) is 14.2 Å². The third-order valence-corrected chi connectivity index (χ3v) is 7.31. The average Bonchev–Trinajstić information content (AvgIpc) is 3.02. The van der Waals surface area contributed by atoms with E-state index in [1.807, 2.05) is 18.2 Å². The van der Waals surface area contributed by atoms with Crippen molar-refractivity contribution in [3.63, 3.8) is 0 Å². The fourth-order valence-electron chi connectivity index (χ4n) is 5.16. The molecule has 1 saturated heterocycles. The number of methoxy groups -OCH3 is 1. The van der Waals surface area contributed by atoms with Crippen LogP contribution in [0.2, 0.25) is 0 Å². The third kappa shape index (κ3) is 6.17. The van der Waals surface area contributed by atoms with Crippen LogP contribution in [0.15, 0.2) is 66.9 Å². The standard InChI is InChI=1S/C31H28FN5O6/c1-41-27-7-6-19-12-28(27)42-17-29(38)34-14-18-10-20(32)13-21(11-18)43-26-8-9-37(16-25(26)36-30(19)39)31(40)24-15-33-22-4-2-3-5-23(22)35-24/h2-7,10-13,15,25-26H,8-9,14,16-17H2,1H3,(H,34,38)(H,36,39)/t25-,26+/m0/s1. The fourth-order valence-corrected chi connectivity index (χ4v) is 5.16. The molecule has 11 nitrogen and oxygen atoms in total. The zero-order valence-electron chi connectivity index (χ0n) is 23.2. The van der Waals surface area contributed by atoms with Crippen molar-refractivity contribution < 1.29 is 33.0 Å². The van der Waals surface area contributed by atoms with Crippen LogP contribution in [0.1, 0.15) is 32.8 Å². The highest BCUT2D eigenvalue weighted by Gasteiger charge is 2.35. The molecular formula is C31H28FN5O6. The number of aromatic nitrogens is 2. The Hall–Kier alpha value is -5.26. The van der Waals surface area contributed by atoms with E-state index in [1.54, 1.807) is 29.2 Å². The van der Waals surface area contributed by atoms with E-state index in [0.29, 0.717) is 35.3 Å². The number of piperidine rings is 1. The summed E-state index contributed by atoms with van der Waals surface area (Å²) in [6, 6.07) is 15.4. The number of rotatable bonds is 2. The Morgan fingerprint density at radius 1 is 1.09 bits per heavy atom. The normalized spacial score (nSPS) is 18.9. The van der Waals surface area contributed by atoms with E-state index in [-0.39, 0.29) is 48.4 Å². The third-order valence-electron chi connectivity index (χ3n) is 7.31. The lowest BCUT2D eigenvalue weighted by Crippen LogP contribution is -2.58. The van der Waals surface area contributed by atoms with E-state index in [1.165, 1.54) is 31.5 Å². The van der Waals surface area contributed by atoms with Gasteiger partial charge in [0.25, 0.3) is 17.7 Å². The zero-order chi connectivity index (χ0) is 29.9. The summed E-state index contributed by atoms with van der Waals surface area (Å²) in [7, 11) is 1.45. The summed E-state index contributed by atoms with van der Waals surface area (Å²) < 4.78 is 31.8. The van der Waals surface area contributed by atoms with Gasteiger partial charge in [-0.1, -0.05) is 12.1 Å². The molecule has 0 aliphatic carbocycles. The lowest BCUT2D eigenvalue weighted by molar-refractivity contribution is -0.123. The van der Waals surface area contributed by atoms with Crippen molar-refractivity contribution in [2.75, 3.05) is 26.8 Å². The highest BCUT2D eigenvalue weighted by molar-refractivity contribution is 5.96. The van der Waals surface area contributed by atoms with Gasteiger partial charge in [0, 0.05) is 37.7 Å². The van der Waals surface area contributed by atoms with Crippen molar-refractivity contribution in [1.82, 2.24) is 25.5 Å². The molecule has 3 aromatic carbocycles. The van der Waals surface area contributed by atoms with Gasteiger partial charge in [0.2, 0.25) is 0 Å². The van der Waals surface area contributed by atoms with Gasteiger partial charge in [-0.05, 0) is 48.0 Å². The lowest BCUT2D eigenvalue weighted by Gasteiger charge is -2.38. The maximum atomic E-state index is 14.5. The molecule has 0 radical (unpaired) electrons. The number of nitrogens with one attached hydrogen (secondary N) is 2. The Labute approximate surface area is 246 Å². The maximum Gasteiger partial charge on any atom is 0.274 e. The molecule has 3 amide bonds. The predicted octanol–water partition coefficient (Wildman–Crippen LogP) is 2.88. The van der Waals surface area contributed by atoms with Crippen molar-refractivity contribution in [2.45, 2.75) is 25.1 Å². The number of carbonyl (C=O) groups is 3. The second kappa shape index (κ2) is 11.9. The lowest BCUT2D eigenvalue weighted by atomic mass is 10.0. The first-order valence-corrected chi connectivity index (χ1v) is 13.7. The topological polar surface area (TPSA) is 132 Å². The molecule has 0 unspecified atom stereocenters. The number of halogens is 1. The number of nitrogens with zero attached hydrogens (tertiary/aromatic N) is 3. The van der Waals surface area contributed by atoms with Crippen LogP contribution in [-0.4, -0.2) is 71.5 Å². The van der Waals surface area contributed by atoms with Gasteiger partial charge >= 0.3 is 0 Å². The molecule has 12 heteroatoms. The number of hydrogen-bond donors (Lipinski definition) is 2. The quantitative estimate of drug-likeness (QED) is 0.367. The van der Waals surface area contributed by atoms with Crippen LogP contribution in [-0.2, 0) is 11.3 Å². The number of ether oxygens (including phenoxy) is 3. The molecule has 4 aromatic rings. The fraction of sp³-hybridized carbons (Fsp3) is 0.258. The first-order valence-electron chi connectivity index (χ1n) is 13.7. The van der Waals surface area contributed by atoms with Crippen LogP contribution in [0.3, 0.4) is 0 Å². The smallest absolute Gasteiger partial charge is 0.274 e. The zero-order valence-corrected chi connectivity index (χ0v) is 23.2. The van der Waals surface area contributed by atoms with Crippen molar-refractivity contribution in [3.05, 3.63) is 89.5 Å². The van der Waals surface area contributed by atoms with E-state index >= 15 is 0 Å². The second-order valence-corrected chi connectivity index (χ2v) is 10.2. The molecule has 0 saturated carbocycles. The number of hydrogen-bond acceptors (Lipinski definition) is 8. The minimum atomic E-state index is -0.663. The van der Waals surface area contributed by atoms with E-state index in [2.05, 4.69) is 20.6 Å². The molecule has 1 aromatic heterocycles. The Kier molecular flexibility index (Phi) is 7.73. The van der Waals surface area contributed by atoms with Gasteiger partial charge in [-0.25, -0.2) is 9.37 Å². The highest BCUT2D eigenvalue weighted by atomic mass is 19.1. The molecule has 3 heterocycles. The first kappa shape index (κ1) is 27.9. The number of likely N-dealkylation sites (tertiary alicyclic amines) is 1. The Morgan fingerprint density at radius 3 is 2.77 bits per heavy atom. The molecular weight excluding hydrogens is 557 g/mol. The van der Waals surface area contributed by atoms with Crippen LogP contribution in [0.4, 0.5) is 4.39 Å². The van der Waals surface area contributed by atoms with Gasteiger partial charge in [-0.3, -0.25) is 19.4 Å². The Bertz CT molecular complexity index is 1720. The molecule has 1 fully saturated rings. The molecule has 4 bridgehead atoms. The summed E-state index contributed by atoms with van der Waals surface area (Å²) in [6.07, 6.45) is 1.19. The largest absolute Gasteiger partial charge is 0.493 e. The molecule has 220 valence electrons. The van der Waals surface area contributed by atoms with E-state index < -0.39 is 29.8 Å². The predicted molar refractivity (Wildman–Crippen MR) is 152 cm³/mol. The summed E-state index contributed by atoms with van der Waals surface area (Å²) >= 11 is 0. The first-order chi connectivity index (χ1) is 20.9. The van der Waals surface area contributed by atoms with Crippen molar-refractivity contribution in [2.24, 2.45) is 0 Å². The van der Waals surface area contributed by atoms with Crippen LogP contribution in [0.5, 0.6) is 17.2 Å². The van der Waals surface area contributed by atoms with Gasteiger partial charge in [-0.15, -0.1) is 0 Å². The molecule has 2 N–H and O–H groups in total. The summed E-state index contributed by atoms with van der Waals surface area (Å²) in [5, 5.41) is 5.68. The van der Waals surface area contributed by atoms with Crippen LogP contribution < -0.4 is 24.8 Å². The minimum absolute atomic E-state index is 0.0490. The molecule has 43 heavy (non-hydrogen) atoms. The van der Waals surface area contributed by atoms with E-state index in [9.17, 15) is 18.8 Å². The number of benzene rings is 3. The second-order valence-electron chi connectivity index (χ2n) is 10.2. The Morgan fingerprint density at radius 2 is 1.93 bits per heavy atom. The summed E-state index contributed by atoms with van der Waals surface area (Å²) in [5.41, 5.74) is 2.19. The van der Waals surface area contributed by atoms with Crippen LogP contribution in [0.25, 0.3) is 11.0 Å². The monoisotopic (exact) mass is 585 g/mol. The average molecular weight is 586 g/mol. The maximum absolute atomic E-state index is 14.5. The van der Waals surface area contributed by atoms with Gasteiger partial charge < -0.3 is 29.7 Å². The van der Waals surface area contributed by atoms with Gasteiger partial charge in [0.1, 0.15) is 23.4 Å². The van der Waals surface area contributed by atoms with Crippen LogP contribution >= 0.6 is 0 Å². The Balaban J connectivity index is 1.31. The van der Waals surface area contributed by atoms with Gasteiger partial charge in [0.15, 0.2) is 18.1 Å². The molecule has 6 rings (SSSR count). The number of carbonyl (C=O) groups excluding carboxylic acids is 3. The molecule has 2 aliphatic rings. The molecule has 0 spiro atoms. The number of fused-ring (bicyclic) bond motifs is 6. The highest BCUT2D eigenvalue weighted by Crippen LogP contribution is 2.29. The minimum Gasteiger partial charge on any atom is -0.493 e. The summed E-state index contributed by atoms with van der Waals surface area (Å²) in [4.78, 5) is 49.9. The summed E-state index contributed by atoms with van der Waals surface area (Å²) in [6.45, 7) is 0.123. The van der Waals surface area contributed by atoms with Gasteiger partial charge in [-0.2, -0.15) is 0 Å². The van der Waals surface area contributed by atoms with Crippen molar-refractivity contribution >= 4 is 28.8 Å². The van der Waals surface area contributed by atoms with Crippen molar-refractivity contribution in [1.29, 1.82) is 0 Å². The summed E-state index contributed by atoms with van der Waals surface area (Å²) in [5.74, 6) is -0.986. The van der Waals surface area contributed by atoms with Gasteiger partial charge in [0.05, 0.1) is 30.4 Å². The SMILES string of the molecule is COc1ccc2cc1OCC(=O)NCc1cc(F)cc(c1)O[C@@H]1CCN(C(=O)c3cnc4ccccc4n3)C[C@@H]1NC2=O. The van der Waals surface area contributed by atoms with Crippen LogP contribution in [0, 0.1) is 5.82 Å². The molecule has 2 atom stereocenters. The van der Waals surface area contributed by atoms with E-state index in [0.717, 1.165) is 0 Å². The number of para-hydroxylation sites is 2. The number of amides is 3. The molecule has 2 aliphatic heterocycles. The van der Waals surface area contributed by atoms with Crippen molar-refractivity contribution in [3.8, 4) is 17.2 Å².